The lowest BCUT2D eigenvalue weighted by molar-refractivity contribution is 0.171. The van der Waals surface area contributed by atoms with Crippen LogP contribution < -0.4 is 9.47 Å². The highest BCUT2D eigenvalue weighted by Crippen LogP contribution is 2.36. The molecular weight excluding hydrogens is 204 g/mol. The summed E-state index contributed by atoms with van der Waals surface area (Å²) in [6.45, 7) is 5.51. The van der Waals surface area contributed by atoms with Crippen LogP contribution in [0.4, 0.5) is 0 Å². The fourth-order valence-electron chi connectivity index (χ4n) is 2.01. The summed E-state index contributed by atoms with van der Waals surface area (Å²) < 4.78 is 11.1. The van der Waals surface area contributed by atoms with E-state index in [0.717, 1.165) is 23.5 Å². The molecule has 1 unspecified atom stereocenters. The second kappa shape index (κ2) is 4.74. The Kier molecular flexibility index (Phi) is 3.34. The molecule has 0 amide bonds. The van der Waals surface area contributed by atoms with Gasteiger partial charge in [-0.3, -0.25) is 0 Å². The molecule has 2 rings (SSSR count). The molecule has 0 fully saturated rings. The summed E-state index contributed by atoms with van der Waals surface area (Å²) in [6, 6.07) is 4.05. The summed E-state index contributed by atoms with van der Waals surface area (Å²) in [5.41, 5.74) is 2.39. The van der Waals surface area contributed by atoms with Crippen molar-refractivity contribution in [1.29, 1.82) is 0 Å². The van der Waals surface area contributed by atoms with Crippen LogP contribution in [0.5, 0.6) is 11.5 Å². The SMILES string of the molecule is CCc1cc2c(cc1C(C)CO)OCCO2. The summed E-state index contributed by atoms with van der Waals surface area (Å²) in [4.78, 5) is 0. The van der Waals surface area contributed by atoms with E-state index >= 15 is 0 Å². The summed E-state index contributed by atoms with van der Waals surface area (Å²) in [7, 11) is 0. The van der Waals surface area contributed by atoms with Gasteiger partial charge in [-0.05, 0) is 29.7 Å². The first-order valence-electron chi connectivity index (χ1n) is 5.79. The minimum atomic E-state index is 0.144. The maximum Gasteiger partial charge on any atom is 0.161 e. The average Bonchev–Trinajstić information content (AvgIpc) is 2.36. The lowest BCUT2D eigenvalue weighted by atomic mass is 9.94. The summed E-state index contributed by atoms with van der Waals surface area (Å²) in [5, 5.41) is 9.24. The zero-order valence-electron chi connectivity index (χ0n) is 9.82. The van der Waals surface area contributed by atoms with Gasteiger partial charge in [-0.2, -0.15) is 0 Å². The van der Waals surface area contributed by atoms with E-state index in [1.54, 1.807) is 0 Å². The Morgan fingerprint density at radius 1 is 1.25 bits per heavy atom. The van der Waals surface area contributed by atoms with Crippen LogP contribution in [0, 0.1) is 0 Å². The highest BCUT2D eigenvalue weighted by molar-refractivity contribution is 5.49. The maximum absolute atomic E-state index is 9.24. The van der Waals surface area contributed by atoms with Crippen molar-refractivity contribution in [2.45, 2.75) is 26.2 Å². The molecule has 1 aromatic rings. The van der Waals surface area contributed by atoms with Gasteiger partial charge in [0.05, 0.1) is 0 Å². The third-order valence-corrected chi connectivity index (χ3v) is 2.99. The number of aliphatic hydroxyl groups excluding tert-OH is 1. The highest BCUT2D eigenvalue weighted by Gasteiger charge is 2.17. The molecule has 0 radical (unpaired) electrons. The molecule has 1 aliphatic rings. The molecular formula is C13H18O3. The number of hydrogen-bond acceptors (Lipinski definition) is 3. The Morgan fingerprint density at radius 3 is 2.44 bits per heavy atom. The Balaban J connectivity index is 2.43. The van der Waals surface area contributed by atoms with Crippen molar-refractivity contribution in [3.05, 3.63) is 23.3 Å². The quantitative estimate of drug-likeness (QED) is 0.851. The Hall–Kier alpha value is -1.22. The predicted octanol–water partition coefficient (Wildman–Crippen LogP) is 2.12. The normalized spacial score (nSPS) is 15.9. The summed E-state index contributed by atoms with van der Waals surface area (Å²) in [6.07, 6.45) is 0.941. The van der Waals surface area contributed by atoms with Crippen molar-refractivity contribution in [3.8, 4) is 11.5 Å². The number of hydrogen-bond donors (Lipinski definition) is 1. The monoisotopic (exact) mass is 222 g/mol. The number of aliphatic hydroxyl groups is 1. The molecule has 0 spiro atoms. The molecule has 88 valence electrons. The molecule has 1 aromatic carbocycles. The lowest BCUT2D eigenvalue weighted by Crippen LogP contribution is -2.16. The summed E-state index contributed by atoms with van der Waals surface area (Å²) in [5.74, 6) is 1.78. The van der Waals surface area contributed by atoms with Crippen LogP contribution in [-0.2, 0) is 6.42 Å². The first-order valence-corrected chi connectivity index (χ1v) is 5.79. The van der Waals surface area contributed by atoms with Gasteiger partial charge < -0.3 is 14.6 Å². The molecule has 0 bridgehead atoms. The Labute approximate surface area is 96.0 Å². The first kappa shape index (κ1) is 11.3. The highest BCUT2D eigenvalue weighted by atomic mass is 16.6. The van der Waals surface area contributed by atoms with Crippen LogP contribution in [0.1, 0.15) is 30.9 Å². The molecule has 1 atom stereocenters. The number of fused-ring (bicyclic) bond motifs is 1. The van der Waals surface area contributed by atoms with Gasteiger partial charge in [0.25, 0.3) is 0 Å². The predicted molar refractivity (Wildman–Crippen MR) is 62.3 cm³/mol. The van der Waals surface area contributed by atoms with Gasteiger partial charge in [-0.1, -0.05) is 13.8 Å². The van der Waals surface area contributed by atoms with E-state index < -0.39 is 0 Å². The average molecular weight is 222 g/mol. The summed E-state index contributed by atoms with van der Waals surface area (Å²) >= 11 is 0. The van der Waals surface area contributed by atoms with Gasteiger partial charge in [0.2, 0.25) is 0 Å². The second-order valence-corrected chi connectivity index (χ2v) is 4.13. The largest absolute Gasteiger partial charge is 0.486 e. The van der Waals surface area contributed by atoms with E-state index in [2.05, 4.69) is 6.92 Å². The van der Waals surface area contributed by atoms with Gasteiger partial charge in [-0.15, -0.1) is 0 Å². The fraction of sp³-hybridized carbons (Fsp3) is 0.538. The zero-order valence-corrected chi connectivity index (χ0v) is 9.82. The van der Waals surface area contributed by atoms with Crippen LogP contribution in [0.25, 0.3) is 0 Å². The molecule has 1 N–H and O–H groups in total. The zero-order chi connectivity index (χ0) is 11.5. The maximum atomic E-state index is 9.24. The van der Waals surface area contributed by atoms with Crippen molar-refractivity contribution in [2.75, 3.05) is 19.8 Å². The van der Waals surface area contributed by atoms with Crippen molar-refractivity contribution in [3.63, 3.8) is 0 Å². The second-order valence-electron chi connectivity index (χ2n) is 4.13. The smallest absolute Gasteiger partial charge is 0.161 e. The van der Waals surface area contributed by atoms with Crippen LogP contribution in [0.15, 0.2) is 12.1 Å². The van der Waals surface area contributed by atoms with Crippen molar-refractivity contribution in [1.82, 2.24) is 0 Å². The molecule has 3 heteroatoms. The molecule has 0 aromatic heterocycles. The number of rotatable bonds is 3. The van der Waals surface area contributed by atoms with Gasteiger partial charge in [0.15, 0.2) is 11.5 Å². The van der Waals surface area contributed by atoms with Gasteiger partial charge >= 0.3 is 0 Å². The minimum Gasteiger partial charge on any atom is -0.486 e. The fourth-order valence-corrected chi connectivity index (χ4v) is 2.01. The third kappa shape index (κ3) is 2.00. The van der Waals surface area contributed by atoms with E-state index in [1.165, 1.54) is 5.56 Å². The Morgan fingerprint density at radius 2 is 1.88 bits per heavy atom. The van der Waals surface area contributed by atoms with E-state index in [4.69, 9.17) is 9.47 Å². The minimum absolute atomic E-state index is 0.144. The first-order chi connectivity index (χ1) is 7.76. The van der Waals surface area contributed by atoms with E-state index in [0.29, 0.717) is 13.2 Å². The van der Waals surface area contributed by atoms with Gasteiger partial charge in [0.1, 0.15) is 13.2 Å². The molecule has 1 heterocycles. The van der Waals surface area contributed by atoms with Crippen LogP contribution in [0.3, 0.4) is 0 Å². The number of benzene rings is 1. The van der Waals surface area contributed by atoms with Crippen LogP contribution in [-0.4, -0.2) is 24.9 Å². The Bertz CT molecular complexity index is 374. The molecule has 3 nitrogen and oxygen atoms in total. The topological polar surface area (TPSA) is 38.7 Å². The van der Waals surface area contributed by atoms with E-state index in [-0.39, 0.29) is 12.5 Å². The molecule has 16 heavy (non-hydrogen) atoms. The molecule has 0 saturated heterocycles. The molecule has 0 aliphatic carbocycles. The van der Waals surface area contributed by atoms with E-state index in [9.17, 15) is 5.11 Å². The van der Waals surface area contributed by atoms with Gasteiger partial charge in [-0.25, -0.2) is 0 Å². The standard InChI is InChI=1S/C13H18O3/c1-3-10-6-12-13(16-5-4-15-12)7-11(10)9(2)8-14/h6-7,9,14H,3-5,8H2,1-2H3. The van der Waals surface area contributed by atoms with Crippen molar-refractivity contribution >= 4 is 0 Å². The number of ether oxygens (including phenoxy) is 2. The van der Waals surface area contributed by atoms with Crippen molar-refractivity contribution in [2.24, 2.45) is 0 Å². The van der Waals surface area contributed by atoms with Crippen molar-refractivity contribution < 1.29 is 14.6 Å². The number of aryl methyl sites for hydroxylation is 1. The third-order valence-electron chi connectivity index (χ3n) is 2.99. The molecule has 1 aliphatic heterocycles. The van der Waals surface area contributed by atoms with Gasteiger partial charge in [0, 0.05) is 12.5 Å². The molecule has 0 saturated carbocycles. The van der Waals surface area contributed by atoms with Crippen LogP contribution in [0.2, 0.25) is 0 Å². The lowest BCUT2D eigenvalue weighted by Gasteiger charge is -2.22. The van der Waals surface area contributed by atoms with Crippen LogP contribution >= 0.6 is 0 Å². The van der Waals surface area contributed by atoms with E-state index in [1.807, 2.05) is 19.1 Å².